The molecule has 0 unspecified atom stereocenters. The fourth-order valence-electron chi connectivity index (χ4n) is 1.29. The van der Waals surface area contributed by atoms with Gasteiger partial charge in [-0.2, -0.15) is 5.10 Å². The zero-order valence-electron chi connectivity index (χ0n) is 6.20. The Morgan fingerprint density at radius 1 is 1.73 bits per heavy atom. The molecule has 0 amide bonds. The second-order valence-corrected chi connectivity index (χ2v) is 2.95. The monoisotopic (exact) mass is 153 g/mol. The molecule has 4 nitrogen and oxygen atoms in total. The summed E-state index contributed by atoms with van der Waals surface area (Å²) in [6.07, 6.45) is 3.58. The minimum atomic E-state index is -0.109. The third-order valence-electron chi connectivity index (χ3n) is 1.90. The summed E-state index contributed by atoms with van der Waals surface area (Å²) >= 11 is 0. The van der Waals surface area contributed by atoms with Gasteiger partial charge in [0.15, 0.2) is 0 Å². The summed E-state index contributed by atoms with van der Waals surface area (Å²) < 4.78 is 0. The Balaban J connectivity index is 1.84. The summed E-state index contributed by atoms with van der Waals surface area (Å²) in [5.41, 5.74) is 1.18. The Bertz CT molecular complexity index is 216. The van der Waals surface area contributed by atoms with Gasteiger partial charge in [-0.25, -0.2) is 0 Å². The van der Waals surface area contributed by atoms with E-state index in [1.165, 1.54) is 5.56 Å². The van der Waals surface area contributed by atoms with E-state index in [9.17, 15) is 0 Å². The fraction of sp³-hybridized carbons (Fsp3) is 0.571. The van der Waals surface area contributed by atoms with Crippen LogP contribution in [0.1, 0.15) is 5.56 Å². The van der Waals surface area contributed by atoms with Gasteiger partial charge in [0, 0.05) is 31.4 Å². The number of nitrogens with zero attached hydrogens (tertiary/aromatic N) is 2. The van der Waals surface area contributed by atoms with Crippen LogP contribution in [0.5, 0.6) is 0 Å². The van der Waals surface area contributed by atoms with Crippen molar-refractivity contribution < 1.29 is 5.11 Å². The molecule has 0 bridgehead atoms. The van der Waals surface area contributed by atoms with E-state index in [2.05, 4.69) is 15.1 Å². The summed E-state index contributed by atoms with van der Waals surface area (Å²) in [4.78, 5) is 2.18. The second-order valence-electron chi connectivity index (χ2n) is 2.95. The highest BCUT2D eigenvalue weighted by Crippen LogP contribution is 2.11. The number of β-amino-alcohol motifs (C(OH)–C–C–N with tert-alkyl or cyclic N) is 1. The summed E-state index contributed by atoms with van der Waals surface area (Å²) in [7, 11) is 0. The van der Waals surface area contributed by atoms with Gasteiger partial charge in [-0.15, -0.1) is 0 Å². The number of rotatable bonds is 2. The first-order chi connectivity index (χ1) is 5.34. The summed E-state index contributed by atoms with van der Waals surface area (Å²) in [6, 6.07) is 0. The molecular formula is C7H11N3O. The van der Waals surface area contributed by atoms with Crippen LogP contribution in [0.25, 0.3) is 0 Å². The Labute approximate surface area is 64.8 Å². The van der Waals surface area contributed by atoms with E-state index in [1.807, 2.05) is 12.4 Å². The lowest BCUT2D eigenvalue weighted by molar-refractivity contribution is -0.00286. The van der Waals surface area contributed by atoms with Crippen LogP contribution >= 0.6 is 0 Å². The number of hydrogen-bond acceptors (Lipinski definition) is 3. The molecule has 0 aromatic carbocycles. The number of aliphatic hydroxyl groups is 1. The van der Waals surface area contributed by atoms with Crippen LogP contribution in [0.15, 0.2) is 12.4 Å². The zero-order valence-corrected chi connectivity index (χ0v) is 6.20. The normalized spacial score (nSPS) is 20.1. The molecule has 1 aromatic rings. The molecule has 11 heavy (non-hydrogen) atoms. The lowest BCUT2D eigenvalue weighted by Crippen LogP contribution is -2.49. The number of aliphatic hydroxyl groups excluding tert-OH is 1. The molecule has 2 rings (SSSR count). The van der Waals surface area contributed by atoms with Crippen LogP contribution in [-0.4, -0.2) is 39.4 Å². The Morgan fingerprint density at radius 2 is 2.55 bits per heavy atom. The molecular weight excluding hydrogens is 142 g/mol. The van der Waals surface area contributed by atoms with E-state index in [-0.39, 0.29) is 6.10 Å². The summed E-state index contributed by atoms with van der Waals surface area (Å²) in [5.74, 6) is 0. The summed E-state index contributed by atoms with van der Waals surface area (Å²) in [6.45, 7) is 2.49. The highest BCUT2D eigenvalue weighted by atomic mass is 16.3. The van der Waals surface area contributed by atoms with Gasteiger partial charge >= 0.3 is 0 Å². The van der Waals surface area contributed by atoms with Crippen molar-refractivity contribution in [1.29, 1.82) is 0 Å². The van der Waals surface area contributed by atoms with Crippen LogP contribution in [0.4, 0.5) is 0 Å². The Hall–Kier alpha value is -0.870. The first-order valence-electron chi connectivity index (χ1n) is 3.72. The molecule has 1 saturated heterocycles. The fourth-order valence-corrected chi connectivity index (χ4v) is 1.29. The van der Waals surface area contributed by atoms with E-state index >= 15 is 0 Å². The molecule has 1 aliphatic heterocycles. The number of H-pyrrole nitrogens is 1. The van der Waals surface area contributed by atoms with Gasteiger partial charge < -0.3 is 5.11 Å². The van der Waals surface area contributed by atoms with Crippen LogP contribution in [-0.2, 0) is 6.54 Å². The molecule has 0 radical (unpaired) electrons. The molecule has 2 N–H and O–H groups in total. The van der Waals surface area contributed by atoms with E-state index in [1.54, 1.807) is 0 Å². The molecule has 1 aromatic heterocycles. The van der Waals surface area contributed by atoms with Crippen LogP contribution < -0.4 is 0 Å². The minimum Gasteiger partial charge on any atom is -0.390 e. The number of likely N-dealkylation sites (tertiary alicyclic amines) is 1. The van der Waals surface area contributed by atoms with Crippen LogP contribution in [0, 0.1) is 0 Å². The van der Waals surface area contributed by atoms with Crippen molar-refractivity contribution in [3.8, 4) is 0 Å². The molecule has 2 heterocycles. The van der Waals surface area contributed by atoms with Gasteiger partial charge in [0.1, 0.15) is 0 Å². The number of aromatic amines is 1. The molecule has 0 aliphatic carbocycles. The zero-order chi connectivity index (χ0) is 7.68. The molecule has 4 heteroatoms. The first kappa shape index (κ1) is 6.82. The molecule has 1 fully saturated rings. The van der Waals surface area contributed by atoms with Gasteiger partial charge in [-0.1, -0.05) is 0 Å². The maximum atomic E-state index is 8.98. The maximum Gasteiger partial charge on any atom is 0.0794 e. The van der Waals surface area contributed by atoms with E-state index < -0.39 is 0 Å². The van der Waals surface area contributed by atoms with Crippen molar-refractivity contribution in [2.45, 2.75) is 12.6 Å². The van der Waals surface area contributed by atoms with E-state index in [0.29, 0.717) is 0 Å². The third kappa shape index (κ3) is 1.41. The van der Waals surface area contributed by atoms with Crippen LogP contribution in [0.2, 0.25) is 0 Å². The highest BCUT2D eigenvalue weighted by Gasteiger charge is 2.23. The van der Waals surface area contributed by atoms with Crippen molar-refractivity contribution in [2.24, 2.45) is 0 Å². The standard InChI is InChI=1S/C7H11N3O/c11-7-4-10(5-7)3-6-1-8-9-2-6/h1-2,7,11H,3-5H2,(H,8,9). The SMILES string of the molecule is OC1CN(Cc2cn[nH]c2)C1. The lowest BCUT2D eigenvalue weighted by Gasteiger charge is -2.35. The average Bonchev–Trinajstić information content (AvgIpc) is 2.36. The van der Waals surface area contributed by atoms with Gasteiger partial charge in [0.2, 0.25) is 0 Å². The van der Waals surface area contributed by atoms with Gasteiger partial charge in [-0.3, -0.25) is 10.00 Å². The van der Waals surface area contributed by atoms with Crippen molar-refractivity contribution in [3.05, 3.63) is 18.0 Å². The first-order valence-corrected chi connectivity index (χ1v) is 3.72. The van der Waals surface area contributed by atoms with Gasteiger partial charge in [0.25, 0.3) is 0 Å². The van der Waals surface area contributed by atoms with Gasteiger partial charge in [0.05, 0.1) is 12.3 Å². The van der Waals surface area contributed by atoms with Crippen molar-refractivity contribution in [2.75, 3.05) is 13.1 Å². The molecule has 0 spiro atoms. The van der Waals surface area contributed by atoms with Crippen molar-refractivity contribution >= 4 is 0 Å². The number of aromatic nitrogens is 2. The molecule has 1 aliphatic rings. The second kappa shape index (κ2) is 2.64. The van der Waals surface area contributed by atoms with Crippen LogP contribution in [0.3, 0.4) is 0 Å². The Morgan fingerprint density at radius 3 is 3.09 bits per heavy atom. The predicted molar refractivity (Wildman–Crippen MR) is 39.9 cm³/mol. The maximum absolute atomic E-state index is 8.98. The molecule has 60 valence electrons. The third-order valence-corrected chi connectivity index (χ3v) is 1.90. The van der Waals surface area contributed by atoms with E-state index in [4.69, 9.17) is 5.11 Å². The number of nitrogens with one attached hydrogen (secondary N) is 1. The van der Waals surface area contributed by atoms with Gasteiger partial charge in [-0.05, 0) is 0 Å². The topological polar surface area (TPSA) is 52.1 Å². The predicted octanol–water partition coefficient (Wildman–Crippen LogP) is -0.414. The van der Waals surface area contributed by atoms with Crippen molar-refractivity contribution in [1.82, 2.24) is 15.1 Å². The largest absolute Gasteiger partial charge is 0.390 e. The quantitative estimate of drug-likeness (QED) is 0.607. The Kier molecular flexibility index (Phi) is 1.63. The average molecular weight is 153 g/mol. The smallest absolute Gasteiger partial charge is 0.0794 e. The summed E-state index contributed by atoms with van der Waals surface area (Å²) in [5, 5.41) is 15.6. The molecule has 0 atom stereocenters. The van der Waals surface area contributed by atoms with E-state index in [0.717, 1.165) is 19.6 Å². The lowest BCUT2D eigenvalue weighted by atomic mass is 10.1. The molecule has 0 saturated carbocycles. The van der Waals surface area contributed by atoms with Crippen molar-refractivity contribution in [3.63, 3.8) is 0 Å². The minimum absolute atomic E-state index is 0.109. The highest BCUT2D eigenvalue weighted by molar-refractivity contribution is 5.03. The number of hydrogen-bond donors (Lipinski definition) is 2.